The van der Waals surface area contributed by atoms with Crippen LogP contribution >= 0.6 is 0 Å². The number of hydrogen-bond donors (Lipinski definition) is 0. The lowest BCUT2D eigenvalue weighted by Crippen LogP contribution is -2.12. The molecule has 0 atom stereocenters. The van der Waals surface area contributed by atoms with Gasteiger partial charge in [0.1, 0.15) is 0 Å². The van der Waals surface area contributed by atoms with Crippen LogP contribution < -0.4 is 9.80 Å². The van der Waals surface area contributed by atoms with Gasteiger partial charge in [-0.25, -0.2) is 0 Å². The van der Waals surface area contributed by atoms with E-state index in [0.29, 0.717) is 54.7 Å². The molecule has 66 heavy (non-hydrogen) atoms. The van der Waals surface area contributed by atoms with Gasteiger partial charge < -0.3 is 18.6 Å². The highest BCUT2D eigenvalue weighted by molar-refractivity contribution is 6.32. The molecule has 13 rings (SSSR count). The van der Waals surface area contributed by atoms with E-state index in [1.54, 1.807) is 36.4 Å². The summed E-state index contributed by atoms with van der Waals surface area (Å²) in [7, 11) is 0. The van der Waals surface area contributed by atoms with Crippen molar-refractivity contribution in [3.63, 3.8) is 0 Å². The topological polar surface area (TPSA) is 15.3 Å². The van der Waals surface area contributed by atoms with E-state index in [9.17, 15) is 16.4 Å². The highest BCUT2D eigenvalue weighted by Crippen LogP contribution is 2.52. The smallest absolute Gasteiger partial charge is 0.0645 e. The van der Waals surface area contributed by atoms with Crippen molar-refractivity contribution in [1.29, 1.82) is 0 Å². The standard InChI is InChI=1S/C62H50N4/c1-61(2,3)49-31-19-29-45-55-51(63(39-21-11-7-12-22-39)40-23-13-8-14-24-40)35-33-43-47-38-54-48(37-53(47)65(57(45)49)59(43)55)44-34-36-52(64(41-25-15-9-16-26-41)42-27-17-10-18-28-42)56-46-30-20-32-50(62(4,5)6)58(46)66(54)60(44)56/h7-38H,1-6H3/i7D,8D,9D,10D,11D,12D,13D,14D,15D,16D,17D,18D,21D,22D,23D,24D,25D,26D,27D,28D,33D,34D,35D,36D. The molecule has 9 aromatic carbocycles. The quantitative estimate of drug-likeness (QED) is 0.165. The van der Waals surface area contributed by atoms with Gasteiger partial charge in [0.2, 0.25) is 0 Å². The molecule has 0 saturated carbocycles. The molecule has 4 heterocycles. The summed E-state index contributed by atoms with van der Waals surface area (Å²) in [5.41, 5.74) is -0.981. The Labute approximate surface area is 418 Å². The lowest BCUT2D eigenvalue weighted by Gasteiger charge is -2.26. The molecule has 0 radical (unpaired) electrons. The highest BCUT2D eigenvalue weighted by Gasteiger charge is 2.31. The fourth-order valence-corrected chi connectivity index (χ4v) is 9.97. The van der Waals surface area contributed by atoms with Crippen LogP contribution in [0, 0.1) is 0 Å². The number of anilines is 6. The fraction of sp³-hybridized carbons (Fsp3) is 0.129. The van der Waals surface area contributed by atoms with Gasteiger partial charge >= 0.3 is 0 Å². The first-order valence-electron chi connectivity index (χ1n) is 33.3. The molecule has 0 bridgehead atoms. The zero-order valence-corrected chi connectivity index (χ0v) is 36.4. The van der Waals surface area contributed by atoms with E-state index in [4.69, 9.17) is 16.4 Å². The average Bonchev–Trinajstić information content (AvgIpc) is 1.49. The largest absolute Gasteiger partial charge is 0.310 e. The Kier molecular flexibility index (Phi) is 4.50. The first kappa shape index (κ1) is 21.4. The third kappa shape index (κ3) is 5.39. The molecule has 0 fully saturated rings. The van der Waals surface area contributed by atoms with Crippen molar-refractivity contribution in [2.75, 3.05) is 9.80 Å². The molecule has 4 heteroatoms. The van der Waals surface area contributed by atoms with Gasteiger partial charge in [-0.15, -0.1) is 0 Å². The van der Waals surface area contributed by atoms with Gasteiger partial charge in [-0.3, -0.25) is 0 Å². The highest BCUT2D eigenvalue weighted by atomic mass is 15.2. The molecule has 0 aliphatic heterocycles. The van der Waals surface area contributed by atoms with Gasteiger partial charge in [0, 0.05) is 65.8 Å². The Bertz CT molecular complexity index is 4870. The summed E-state index contributed by atoms with van der Waals surface area (Å²) in [5, 5.41) is 2.12. The zero-order chi connectivity index (χ0) is 65.5. The van der Waals surface area contributed by atoms with Crippen molar-refractivity contribution >= 4 is 110 Å². The van der Waals surface area contributed by atoms with Gasteiger partial charge in [-0.1, -0.05) is 163 Å². The van der Waals surface area contributed by atoms with Crippen LogP contribution in [0.5, 0.6) is 0 Å². The van der Waals surface area contributed by atoms with Crippen LogP contribution in [-0.2, 0) is 10.8 Å². The number of para-hydroxylation sites is 6. The molecule has 0 aliphatic carbocycles. The third-order valence-corrected chi connectivity index (χ3v) is 12.6. The first-order chi connectivity index (χ1) is 42.0. The summed E-state index contributed by atoms with van der Waals surface area (Å²) >= 11 is 0. The Hall–Kier alpha value is -7.82. The van der Waals surface area contributed by atoms with Crippen LogP contribution in [0.3, 0.4) is 0 Å². The number of nitrogens with zero attached hydrogens (tertiary/aromatic N) is 4. The van der Waals surface area contributed by atoms with Crippen LogP contribution in [-0.4, -0.2) is 8.80 Å². The second-order valence-corrected chi connectivity index (χ2v) is 18.4. The van der Waals surface area contributed by atoms with Crippen LogP contribution in [0.15, 0.2) is 194 Å². The molecule has 0 aliphatic rings. The van der Waals surface area contributed by atoms with Crippen molar-refractivity contribution in [2.45, 2.75) is 52.4 Å². The monoisotopic (exact) mass is 875 g/mol. The number of hydrogen-bond acceptors (Lipinski definition) is 2. The number of rotatable bonds is 6. The Morgan fingerprint density at radius 1 is 0.364 bits per heavy atom. The van der Waals surface area contributed by atoms with Crippen molar-refractivity contribution < 1.29 is 32.9 Å². The van der Waals surface area contributed by atoms with Gasteiger partial charge in [0.25, 0.3) is 0 Å². The van der Waals surface area contributed by atoms with Crippen LogP contribution in [0.1, 0.15) is 85.6 Å². The van der Waals surface area contributed by atoms with E-state index >= 15 is 0 Å². The summed E-state index contributed by atoms with van der Waals surface area (Å²) in [6.07, 6.45) is 0. The average molecular weight is 875 g/mol. The minimum absolute atomic E-state index is 0.144. The summed E-state index contributed by atoms with van der Waals surface area (Å²) in [6.45, 7) is 11.8. The van der Waals surface area contributed by atoms with E-state index in [1.807, 2.05) is 62.5 Å². The molecular formula is C62H50N4. The molecule has 4 nitrogen and oxygen atoms in total. The van der Waals surface area contributed by atoms with Crippen molar-refractivity contribution in [3.05, 3.63) is 205 Å². The number of aromatic nitrogens is 2. The number of fused-ring (bicyclic) bond motifs is 12. The molecule has 0 unspecified atom stereocenters. The molecule has 0 N–H and O–H groups in total. The lowest BCUT2D eigenvalue weighted by atomic mass is 9.85. The maximum Gasteiger partial charge on any atom is 0.0645 e. The minimum atomic E-state index is -0.837. The Morgan fingerprint density at radius 3 is 1.02 bits per heavy atom. The summed E-state index contributed by atoms with van der Waals surface area (Å²) in [6, 6.07) is -4.35. The molecule has 318 valence electrons. The van der Waals surface area contributed by atoms with E-state index < -0.39 is 179 Å². The summed E-state index contributed by atoms with van der Waals surface area (Å²) in [4.78, 5) is 1.84. The Balaban J connectivity index is 1.28. The molecule has 0 saturated heterocycles. The molecule has 0 amide bonds. The molecule has 0 spiro atoms. The maximum absolute atomic E-state index is 10.3. The van der Waals surface area contributed by atoms with Crippen molar-refractivity contribution in [2.24, 2.45) is 0 Å². The number of benzene rings is 9. The predicted molar refractivity (Wildman–Crippen MR) is 283 cm³/mol. The van der Waals surface area contributed by atoms with E-state index in [-0.39, 0.29) is 44.0 Å². The van der Waals surface area contributed by atoms with Gasteiger partial charge in [0.15, 0.2) is 0 Å². The van der Waals surface area contributed by atoms with E-state index in [2.05, 4.69) is 0 Å². The molecule has 4 aromatic heterocycles. The van der Waals surface area contributed by atoms with Crippen molar-refractivity contribution in [3.8, 4) is 0 Å². The third-order valence-electron chi connectivity index (χ3n) is 12.6. The van der Waals surface area contributed by atoms with Crippen LogP contribution in [0.2, 0.25) is 0 Å². The zero-order valence-electron chi connectivity index (χ0n) is 60.4. The van der Waals surface area contributed by atoms with Crippen molar-refractivity contribution in [1.82, 2.24) is 8.80 Å². The predicted octanol–water partition coefficient (Wildman–Crippen LogP) is 17.5. The summed E-state index contributed by atoms with van der Waals surface area (Å²) in [5.74, 6) is 0. The van der Waals surface area contributed by atoms with E-state index in [1.165, 1.54) is 0 Å². The lowest BCUT2D eigenvalue weighted by molar-refractivity contribution is 0.594. The molecular weight excluding hydrogens is 801 g/mol. The van der Waals surface area contributed by atoms with Gasteiger partial charge in [0.05, 0.1) is 77.4 Å². The van der Waals surface area contributed by atoms with E-state index in [0.717, 1.165) is 9.80 Å². The SMILES string of the molecule is [2H]c1c([2H])c([2H])c(N(c2c([2H])c([2H])c([2H])c([2H])c2[2H])c2c([2H])c([2H])c3c4cc5c(cc4n4c6c(C(C)(C)C)cccc6c2c34)c2c([2H])c([2H])c(N(c3c([2H])c([2H])c([2H])c([2H])c3[2H])c3c([2H])c([2H])c([2H])c([2H])c3[2H])c3c4cccc(C(C)(C)C)c4n5c23)c([2H])c1[2H]. The minimum Gasteiger partial charge on any atom is -0.310 e. The maximum atomic E-state index is 10.3. The normalized spacial score (nSPS) is 17.8. The van der Waals surface area contributed by atoms with Crippen LogP contribution in [0.25, 0.3) is 76.2 Å². The van der Waals surface area contributed by atoms with Crippen LogP contribution in [0.4, 0.5) is 34.1 Å². The Morgan fingerprint density at radius 2 is 0.697 bits per heavy atom. The molecule has 13 aromatic rings. The second kappa shape index (κ2) is 13.8. The second-order valence-electron chi connectivity index (χ2n) is 18.4. The fourth-order valence-electron chi connectivity index (χ4n) is 9.97. The van der Waals surface area contributed by atoms with Gasteiger partial charge in [-0.05, 0) is 94.5 Å². The first-order valence-corrected chi connectivity index (χ1v) is 21.3. The summed E-state index contributed by atoms with van der Waals surface area (Å²) < 4.78 is 225. The van der Waals surface area contributed by atoms with Gasteiger partial charge in [-0.2, -0.15) is 0 Å².